The number of unbranched alkanes of at least 4 members (excludes halogenated alkanes) is 1. The molecule has 28 heavy (non-hydrogen) atoms. The van der Waals surface area contributed by atoms with Gasteiger partial charge >= 0.3 is 5.97 Å². The Kier molecular flexibility index (Phi) is 12.1. The van der Waals surface area contributed by atoms with E-state index in [2.05, 4.69) is 16.0 Å². The summed E-state index contributed by atoms with van der Waals surface area (Å²) >= 11 is 0. The summed E-state index contributed by atoms with van der Waals surface area (Å²) in [5.74, 6) is -2.09. The highest BCUT2D eigenvalue weighted by atomic mass is 16.4. The summed E-state index contributed by atoms with van der Waals surface area (Å²) in [4.78, 5) is 48.2. The van der Waals surface area contributed by atoms with Crippen molar-refractivity contribution in [3.8, 4) is 0 Å². The normalized spacial score (nSPS) is 14.3. The molecular formula is C20H37N3O5. The number of aliphatic carboxylic acids is 1. The third kappa shape index (κ3) is 10.9. The number of carbonyl (C=O) groups is 4. The van der Waals surface area contributed by atoms with Crippen LogP contribution < -0.4 is 16.0 Å². The summed E-state index contributed by atoms with van der Waals surface area (Å²) in [6, 6.07) is -2.59. The molecule has 0 aromatic carbocycles. The van der Waals surface area contributed by atoms with Gasteiger partial charge in [-0.3, -0.25) is 14.4 Å². The van der Waals surface area contributed by atoms with Gasteiger partial charge < -0.3 is 21.1 Å². The molecule has 3 atom stereocenters. The second-order valence-corrected chi connectivity index (χ2v) is 8.12. The minimum absolute atomic E-state index is 0.110. The smallest absolute Gasteiger partial charge is 0.326 e. The zero-order valence-corrected chi connectivity index (χ0v) is 18.0. The Morgan fingerprint density at radius 1 is 0.786 bits per heavy atom. The minimum Gasteiger partial charge on any atom is -0.480 e. The largest absolute Gasteiger partial charge is 0.480 e. The predicted octanol–water partition coefficient (Wildman–Crippen LogP) is 1.83. The van der Waals surface area contributed by atoms with Crippen molar-refractivity contribution in [2.75, 3.05) is 0 Å². The molecule has 0 spiro atoms. The average Bonchev–Trinajstić information content (AvgIpc) is 2.55. The number of amides is 3. The fraction of sp³-hybridized carbons (Fsp3) is 0.800. The molecule has 0 saturated heterocycles. The molecule has 162 valence electrons. The Hall–Kier alpha value is -2.12. The molecule has 0 heterocycles. The number of carboxylic acids is 1. The number of rotatable bonds is 13. The second kappa shape index (κ2) is 13.1. The van der Waals surface area contributed by atoms with E-state index in [1.807, 2.05) is 34.6 Å². The summed E-state index contributed by atoms with van der Waals surface area (Å²) in [6.45, 7) is 11.0. The van der Waals surface area contributed by atoms with Gasteiger partial charge in [0, 0.05) is 6.92 Å². The van der Waals surface area contributed by atoms with Gasteiger partial charge in [0.2, 0.25) is 17.7 Å². The quantitative estimate of drug-likeness (QED) is 0.376. The maximum absolute atomic E-state index is 12.7. The predicted molar refractivity (Wildman–Crippen MR) is 108 cm³/mol. The molecule has 0 rings (SSSR count). The third-order valence-electron chi connectivity index (χ3n) is 4.20. The Labute approximate surface area is 168 Å². The van der Waals surface area contributed by atoms with Crippen LogP contribution in [0.1, 0.15) is 73.6 Å². The summed E-state index contributed by atoms with van der Waals surface area (Å²) in [5.41, 5.74) is 0. The zero-order chi connectivity index (χ0) is 21.9. The van der Waals surface area contributed by atoms with Gasteiger partial charge in [0.15, 0.2) is 0 Å². The Morgan fingerprint density at radius 2 is 1.21 bits per heavy atom. The van der Waals surface area contributed by atoms with Crippen molar-refractivity contribution >= 4 is 23.7 Å². The SMILES string of the molecule is CCCCC(NC(=O)[C@H](CC(C)C)NC(=O)[C@H](CC(C)C)NC(C)=O)C(=O)O. The molecule has 3 amide bonds. The van der Waals surface area contributed by atoms with Crippen LogP contribution in [-0.4, -0.2) is 46.9 Å². The number of carboxylic acid groups (broad SMARTS) is 1. The van der Waals surface area contributed by atoms with Crippen LogP contribution in [0.2, 0.25) is 0 Å². The Bertz CT molecular complexity index is 534. The van der Waals surface area contributed by atoms with E-state index in [4.69, 9.17) is 0 Å². The molecule has 4 N–H and O–H groups in total. The van der Waals surface area contributed by atoms with E-state index in [0.717, 1.165) is 6.42 Å². The lowest BCUT2D eigenvalue weighted by Gasteiger charge is -2.26. The molecule has 0 aromatic rings. The summed E-state index contributed by atoms with van der Waals surface area (Å²) in [6.07, 6.45) is 2.64. The van der Waals surface area contributed by atoms with Gasteiger partial charge in [-0.25, -0.2) is 4.79 Å². The van der Waals surface area contributed by atoms with Gasteiger partial charge in [-0.1, -0.05) is 47.5 Å². The van der Waals surface area contributed by atoms with Crippen molar-refractivity contribution in [1.29, 1.82) is 0 Å². The van der Waals surface area contributed by atoms with Gasteiger partial charge in [-0.05, 0) is 31.1 Å². The zero-order valence-electron chi connectivity index (χ0n) is 18.0. The van der Waals surface area contributed by atoms with E-state index >= 15 is 0 Å². The molecular weight excluding hydrogens is 362 g/mol. The van der Waals surface area contributed by atoms with Crippen molar-refractivity contribution in [1.82, 2.24) is 16.0 Å². The van der Waals surface area contributed by atoms with Crippen LogP contribution in [0.3, 0.4) is 0 Å². The average molecular weight is 400 g/mol. The van der Waals surface area contributed by atoms with Gasteiger partial charge in [0.05, 0.1) is 0 Å². The molecule has 0 radical (unpaired) electrons. The van der Waals surface area contributed by atoms with E-state index in [0.29, 0.717) is 25.7 Å². The standard InChI is InChI=1S/C20H37N3O5/c1-7-8-9-15(20(27)28)22-19(26)17(11-13(4)5)23-18(25)16(10-12(2)3)21-14(6)24/h12-13,15-17H,7-11H2,1-6H3,(H,21,24)(H,22,26)(H,23,25)(H,27,28)/t15?,16-,17-/m0/s1. The molecule has 0 aliphatic rings. The van der Waals surface area contributed by atoms with E-state index in [9.17, 15) is 24.3 Å². The van der Waals surface area contributed by atoms with Crippen LogP contribution in [0, 0.1) is 11.8 Å². The Morgan fingerprint density at radius 3 is 1.57 bits per heavy atom. The van der Waals surface area contributed by atoms with Crippen LogP contribution in [-0.2, 0) is 19.2 Å². The van der Waals surface area contributed by atoms with Crippen LogP contribution in [0.5, 0.6) is 0 Å². The van der Waals surface area contributed by atoms with Gasteiger partial charge in [-0.15, -0.1) is 0 Å². The van der Waals surface area contributed by atoms with Crippen molar-refractivity contribution in [3.63, 3.8) is 0 Å². The topological polar surface area (TPSA) is 125 Å². The first-order chi connectivity index (χ1) is 13.0. The highest BCUT2D eigenvalue weighted by Gasteiger charge is 2.29. The van der Waals surface area contributed by atoms with Crippen LogP contribution >= 0.6 is 0 Å². The fourth-order valence-electron chi connectivity index (χ4n) is 2.86. The molecule has 0 bridgehead atoms. The monoisotopic (exact) mass is 399 g/mol. The molecule has 0 aliphatic heterocycles. The minimum atomic E-state index is -1.09. The third-order valence-corrected chi connectivity index (χ3v) is 4.20. The Balaban J connectivity index is 5.25. The highest BCUT2D eigenvalue weighted by Crippen LogP contribution is 2.10. The maximum Gasteiger partial charge on any atom is 0.326 e. The van der Waals surface area contributed by atoms with Crippen molar-refractivity contribution in [2.45, 2.75) is 91.8 Å². The number of hydrogen-bond donors (Lipinski definition) is 4. The lowest BCUT2D eigenvalue weighted by Crippen LogP contribution is -2.56. The van der Waals surface area contributed by atoms with E-state index < -0.39 is 35.9 Å². The number of carbonyl (C=O) groups excluding carboxylic acids is 3. The number of hydrogen-bond acceptors (Lipinski definition) is 4. The molecule has 0 saturated carbocycles. The van der Waals surface area contributed by atoms with E-state index in [-0.39, 0.29) is 17.7 Å². The van der Waals surface area contributed by atoms with Crippen molar-refractivity contribution < 1.29 is 24.3 Å². The van der Waals surface area contributed by atoms with Crippen LogP contribution in [0.25, 0.3) is 0 Å². The molecule has 0 aliphatic carbocycles. The first-order valence-electron chi connectivity index (χ1n) is 10.1. The molecule has 8 nitrogen and oxygen atoms in total. The van der Waals surface area contributed by atoms with Crippen molar-refractivity contribution in [2.24, 2.45) is 11.8 Å². The fourth-order valence-corrected chi connectivity index (χ4v) is 2.86. The van der Waals surface area contributed by atoms with Gasteiger partial charge in [0.1, 0.15) is 18.1 Å². The van der Waals surface area contributed by atoms with Crippen molar-refractivity contribution in [3.05, 3.63) is 0 Å². The van der Waals surface area contributed by atoms with Crippen LogP contribution in [0.15, 0.2) is 0 Å². The first-order valence-corrected chi connectivity index (χ1v) is 10.1. The van der Waals surface area contributed by atoms with E-state index in [1.165, 1.54) is 6.92 Å². The first kappa shape index (κ1) is 25.9. The summed E-state index contributed by atoms with van der Waals surface area (Å²) in [7, 11) is 0. The van der Waals surface area contributed by atoms with Gasteiger partial charge in [-0.2, -0.15) is 0 Å². The molecule has 8 heteroatoms. The number of nitrogens with one attached hydrogen (secondary N) is 3. The summed E-state index contributed by atoms with van der Waals surface area (Å²) < 4.78 is 0. The molecule has 0 fully saturated rings. The lowest BCUT2D eigenvalue weighted by atomic mass is 9.99. The maximum atomic E-state index is 12.7. The summed E-state index contributed by atoms with van der Waals surface area (Å²) in [5, 5.41) is 17.2. The van der Waals surface area contributed by atoms with Gasteiger partial charge in [0.25, 0.3) is 0 Å². The lowest BCUT2D eigenvalue weighted by molar-refractivity contribution is -0.142. The molecule has 0 aromatic heterocycles. The van der Waals surface area contributed by atoms with Crippen LogP contribution in [0.4, 0.5) is 0 Å². The second-order valence-electron chi connectivity index (χ2n) is 8.12. The highest BCUT2D eigenvalue weighted by molar-refractivity contribution is 5.93. The van der Waals surface area contributed by atoms with E-state index in [1.54, 1.807) is 0 Å². The molecule has 1 unspecified atom stereocenters.